The van der Waals surface area contributed by atoms with Crippen LogP contribution in [0.15, 0.2) is 30.6 Å². The van der Waals surface area contributed by atoms with Gasteiger partial charge in [-0.3, -0.25) is 4.98 Å². The number of hydrogen-bond donors (Lipinski definition) is 0. The average molecular weight is 184 g/mol. The van der Waals surface area contributed by atoms with Gasteiger partial charge in [-0.1, -0.05) is 6.07 Å². The van der Waals surface area contributed by atoms with Gasteiger partial charge in [-0.15, -0.1) is 12.4 Å². The Labute approximate surface area is 68.3 Å². The van der Waals surface area contributed by atoms with E-state index in [1.165, 1.54) is 16.2 Å². The molecule has 50 valence electrons. The molecule has 0 bridgehead atoms. The Morgan fingerprint density at radius 2 is 1.44 bits per heavy atom. The molecular weight excluding hydrogens is 178 g/mol. The van der Waals surface area contributed by atoms with Gasteiger partial charge in [0.05, 0.1) is 0 Å². The molecule has 9 heavy (non-hydrogen) atoms. The van der Waals surface area contributed by atoms with E-state index in [1.807, 2.05) is 18.2 Å². The van der Waals surface area contributed by atoms with E-state index >= 15 is 0 Å². The van der Waals surface area contributed by atoms with E-state index in [4.69, 9.17) is 3.80 Å². The summed E-state index contributed by atoms with van der Waals surface area (Å²) >= 11 is 1.38. The maximum atomic E-state index is 8.12. The molecule has 0 saturated carbocycles. The maximum absolute atomic E-state index is 8.12. The molecule has 0 radical (unpaired) electrons. The largest absolute Gasteiger partial charge is 0.265 e. The van der Waals surface area contributed by atoms with Gasteiger partial charge < -0.3 is 0 Å². The van der Waals surface area contributed by atoms with E-state index in [0.717, 1.165) is 0 Å². The number of pyridine rings is 1. The molecule has 1 aromatic rings. The van der Waals surface area contributed by atoms with Crippen molar-refractivity contribution < 1.29 is 20.0 Å². The maximum Gasteiger partial charge on any atom is 0.0267 e. The van der Waals surface area contributed by atoms with E-state index in [9.17, 15) is 0 Å². The van der Waals surface area contributed by atoms with Crippen LogP contribution in [0.3, 0.4) is 0 Å². The summed E-state index contributed by atoms with van der Waals surface area (Å²) in [5.74, 6) is 0. The van der Waals surface area contributed by atoms with E-state index in [2.05, 4.69) is 4.98 Å². The zero-order chi connectivity index (χ0) is 6.24. The molecule has 0 amide bonds. The van der Waals surface area contributed by atoms with E-state index in [-0.39, 0.29) is 12.4 Å². The van der Waals surface area contributed by atoms with Crippen LogP contribution >= 0.6 is 12.4 Å². The quantitative estimate of drug-likeness (QED) is 0.608. The molecule has 0 aliphatic heterocycles. The van der Waals surface area contributed by atoms with Crippen molar-refractivity contribution in [2.24, 2.45) is 0 Å². The SMILES string of the molecule is Cl.[O]=[Cr].c1ccncc1. The van der Waals surface area contributed by atoms with Crippen molar-refractivity contribution in [3.05, 3.63) is 30.6 Å². The number of nitrogens with zero attached hydrogens (tertiary/aromatic N) is 1. The summed E-state index contributed by atoms with van der Waals surface area (Å²) in [7, 11) is 0. The number of rotatable bonds is 0. The van der Waals surface area contributed by atoms with Crippen LogP contribution in [0.5, 0.6) is 0 Å². The van der Waals surface area contributed by atoms with Gasteiger partial charge in [-0.25, -0.2) is 0 Å². The zero-order valence-electron chi connectivity index (χ0n) is 4.56. The van der Waals surface area contributed by atoms with Gasteiger partial charge in [-0.05, 0) is 12.1 Å². The van der Waals surface area contributed by atoms with Gasteiger partial charge in [0.25, 0.3) is 0 Å². The molecule has 1 heterocycles. The van der Waals surface area contributed by atoms with Crippen molar-refractivity contribution in [2.45, 2.75) is 0 Å². The van der Waals surface area contributed by atoms with Gasteiger partial charge in [0.1, 0.15) is 0 Å². The van der Waals surface area contributed by atoms with Crippen molar-refractivity contribution >= 4 is 12.4 Å². The Bertz CT molecular complexity index is 99.8. The Morgan fingerprint density at radius 1 is 1.00 bits per heavy atom. The fourth-order valence-electron chi connectivity index (χ4n) is 0.313. The average Bonchev–Trinajstić information content (AvgIpc) is 1.96. The predicted octanol–water partition coefficient (Wildman–Crippen LogP) is 1.38. The zero-order valence-corrected chi connectivity index (χ0v) is 6.65. The molecule has 0 spiro atoms. The molecule has 2 nitrogen and oxygen atoms in total. The van der Waals surface area contributed by atoms with Crippen LogP contribution in [-0.2, 0) is 20.0 Å². The van der Waals surface area contributed by atoms with Crippen LogP contribution in [0.2, 0.25) is 0 Å². The second kappa shape index (κ2) is 10.7. The summed E-state index contributed by atoms with van der Waals surface area (Å²) in [6, 6.07) is 5.72. The van der Waals surface area contributed by atoms with Crippen LogP contribution in [0.1, 0.15) is 0 Å². The summed E-state index contributed by atoms with van der Waals surface area (Å²) in [5.41, 5.74) is 0. The summed E-state index contributed by atoms with van der Waals surface area (Å²) < 4.78 is 8.12. The molecule has 0 aliphatic carbocycles. The minimum absolute atomic E-state index is 0. The molecule has 0 saturated heterocycles. The first-order valence-electron chi connectivity index (χ1n) is 2.02. The summed E-state index contributed by atoms with van der Waals surface area (Å²) in [5, 5.41) is 0. The molecule has 4 heteroatoms. The Hall–Kier alpha value is -0.228. The summed E-state index contributed by atoms with van der Waals surface area (Å²) in [4.78, 5) is 3.78. The first kappa shape index (κ1) is 11.6. The smallest absolute Gasteiger partial charge is 0.0267 e. The van der Waals surface area contributed by atoms with Crippen LogP contribution in [0, 0.1) is 0 Å². The van der Waals surface area contributed by atoms with Gasteiger partial charge in [0, 0.05) is 12.4 Å². The van der Waals surface area contributed by atoms with Crippen LogP contribution < -0.4 is 0 Å². The molecule has 0 aliphatic rings. The standard InChI is InChI=1S/C5H5N.ClH.Cr.O/c1-2-4-6-5-3-1;;;/h1-5H;1H;;. The third-order valence-electron chi connectivity index (χ3n) is 0.566. The molecule has 0 unspecified atom stereocenters. The van der Waals surface area contributed by atoms with Gasteiger partial charge in [0.15, 0.2) is 0 Å². The Kier molecular flexibility index (Phi) is 13.7. The Balaban J connectivity index is 0. The van der Waals surface area contributed by atoms with Gasteiger partial charge >= 0.3 is 20.0 Å². The minimum atomic E-state index is 0. The van der Waals surface area contributed by atoms with Gasteiger partial charge in [0.2, 0.25) is 0 Å². The van der Waals surface area contributed by atoms with E-state index in [1.54, 1.807) is 12.4 Å². The molecule has 0 aromatic carbocycles. The summed E-state index contributed by atoms with van der Waals surface area (Å²) in [6.45, 7) is 0. The minimum Gasteiger partial charge on any atom is -0.265 e. The first-order chi connectivity index (χ1) is 4.00. The third kappa shape index (κ3) is 7.77. The van der Waals surface area contributed by atoms with Crippen LogP contribution in [0.25, 0.3) is 0 Å². The number of halogens is 1. The van der Waals surface area contributed by atoms with Crippen molar-refractivity contribution in [1.82, 2.24) is 4.98 Å². The van der Waals surface area contributed by atoms with Crippen molar-refractivity contribution in [2.75, 3.05) is 0 Å². The molecule has 0 N–H and O–H groups in total. The first-order valence-corrected chi connectivity index (χ1v) is 2.54. The molecule has 0 fully saturated rings. The number of aromatic nitrogens is 1. The number of hydrogen-bond acceptors (Lipinski definition) is 2. The Morgan fingerprint density at radius 3 is 1.56 bits per heavy atom. The predicted molar refractivity (Wildman–Crippen MR) is 32.2 cm³/mol. The monoisotopic (exact) mass is 183 g/mol. The molecular formula is C5H6ClCrNO. The van der Waals surface area contributed by atoms with E-state index in [0.29, 0.717) is 0 Å². The molecule has 0 atom stereocenters. The topological polar surface area (TPSA) is 30.0 Å². The van der Waals surface area contributed by atoms with Crippen LogP contribution in [-0.4, -0.2) is 4.98 Å². The second-order valence-corrected chi connectivity index (χ2v) is 1.02. The fourth-order valence-corrected chi connectivity index (χ4v) is 0.313. The summed E-state index contributed by atoms with van der Waals surface area (Å²) in [6.07, 6.45) is 3.50. The molecule has 1 rings (SSSR count). The van der Waals surface area contributed by atoms with Crippen molar-refractivity contribution in [1.29, 1.82) is 0 Å². The third-order valence-corrected chi connectivity index (χ3v) is 0.566. The molecule has 1 aromatic heterocycles. The van der Waals surface area contributed by atoms with Crippen LogP contribution in [0.4, 0.5) is 0 Å². The normalized spacial score (nSPS) is 5.78. The van der Waals surface area contributed by atoms with Crippen molar-refractivity contribution in [3.8, 4) is 0 Å². The van der Waals surface area contributed by atoms with Crippen molar-refractivity contribution in [3.63, 3.8) is 0 Å². The van der Waals surface area contributed by atoms with E-state index < -0.39 is 0 Å². The second-order valence-electron chi connectivity index (χ2n) is 1.02. The van der Waals surface area contributed by atoms with Gasteiger partial charge in [-0.2, -0.15) is 0 Å². The fraction of sp³-hybridized carbons (Fsp3) is 0.